The molecule has 0 aromatic heterocycles. The highest BCUT2D eigenvalue weighted by Gasteiger charge is 2.54. The van der Waals surface area contributed by atoms with Gasteiger partial charge in [0.05, 0.1) is 0 Å². The number of hydrogen-bond acceptors (Lipinski definition) is 4. The third kappa shape index (κ3) is 4.03. The van der Waals surface area contributed by atoms with Crippen molar-refractivity contribution < 1.29 is 14.4 Å². The molecule has 172 valence electrons. The van der Waals surface area contributed by atoms with Gasteiger partial charge in [-0.2, -0.15) is 0 Å². The number of amides is 4. The lowest BCUT2D eigenvalue weighted by molar-refractivity contribution is -0.138. The molecule has 32 heavy (non-hydrogen) atoms. The highest BCUT2D eigenvalue weighted by Crippen LogP contribution is 2.34. The predicted octanol–water partition coefficient (Wildman–Crippen LogP) is 2.75. The molecule has 1 aromatic carbocycles. The normalized spacial score (nSPS) is 25.0. The van der Waals surface area contributed by atoms with Crippen molar-refractivity contribution in [3.63, 3.8) is 0 Å². The van der Waals surface area contributed by atoms with Crippen molar-refractivity contribution in [2.24, 2.45) is 5.92 Å². The highest BCUT2D eigenvalue weighted by atomic mass is 16.2. The van der Waals surface area contributed by atoms with Gasteiger partial charge in [0.15, 0.2) is 0 Å². The molecule has 0 atom stereocenters. The Balaban J connectivity index is 1.16. The van der Waals surface area contributed by atoms with Crippen LogP contribution in [0.25, 0.3) is 0 Å². The van der Waals surface area contributed by atoms with Gasteiger partial charge in [-0.05, 0) is 44.1 Å². The lowest BCUT2D eigenvalue weighted by atomic mass is 9.86. The fourth-order valence-corrected chi connectivity index (χ4v) is 6.02. The first-order valence-electron chi connectivity index (χ1n) is 12.3. The summed E-state index contributed by atoms with van der Waals surface area (Å²) >= 11 is 0. The lowest BCUT2D eigenvalue weighted by Crippen LogP contribution is -2.55. The van der Waals surface area contributed by atoms with Gasteiger partial charge in [-0.25, -0.2) is 4.79 Å². The van der Waals surface area contributed by atoms with Crippen LogP contribution in [0.15, 0.2) is 30.3 Å². The summed E-state index contributed by atoms with van der Waals surface area (Å²) in [5, 5.41) is 3.06. The first-order valence-corrected chi connectivity index (χ1v) is 12.3. The first kappa shape index (κ1) is 21.4. The van der Waals surface area contributed by atoms with E-state index in [0.717, 1.165) is 45.3 Å². The lowest BCUT2D eigenvalue weighted by Gasteiger charge is -2.39. The summed E-state index contributed by atoms with van der Waals surface area (Å²) in [5.74, 6) is 0.412. The molecule has 7 heteroatoms. The molecule has 7 nitrogen and oxygen atoms in total. The van der Waals surface area contributed by atoms with Gasteiger partial charge in [-0.3, -0.25) is 19.4 Å². The Morgan fingerprint density at radius 2 is 1.59 bits per heavy atom. The largest absolute Gasteiger partial charge is 0.342 e. The van der Waals surface area contributed by atoms with Crippen molar-refractivity contribution in [3.05, 3.63) is 35.9 Å². The minimum absolute atomic E-state index is 0.0533. The molecule has 1 aliphatic carbocycles. The standard InChI is InChI=1S/C25H34N4O3/c30-22(20-8-4-5-9-20)28-14-10-21(11-15-28)29-23(31)25(26-24(29)32)12-16-27(17-13-25)18-19-6-2-1-3-7-19/h1-3,6-7,20-21H,4-5,8-18H2,(H,26,32). The Labute approximate surface area is 190 Å². The van der Waals surface area contributed by atoms with E-state index >= 15 is 0 Å². The van der Waals surface area contributed by atoms with Crippen LogP contribution in [0.4, 0.5) is 4.79 Å². The van der Waals surface area contributed by atoms with Crippen molar-refractivity contribution in [3.8, 4) is 0 Å². The van der Waals surface area contributed by atoms with E-state index in [2.05, 4.69) is 22.3 Å². The van der Waals surface area contributed by atoms with E-state index in [1.807, 2.05) is 23.1 Å². The van der Waals surface area contributed by atoms with Crippen molar-refractivity contribution in [1.29, 1.82) is 0 Å². The number of likely N-dealkylation sites (tertiary alicyclic amines) is 2. The van der Waals surface area contributed by atoms with Crippen LogP contribution in [0.1, 0.15) is 56.9 Å². The number of imide groups is 1. The Morgan fingerprint density at radius 3 is 2.25 bits per heavy atom. The number of piperidine rings is 2. The van der Waals surface area contributed by atoms with Crippen LogP contribution in [-0.4, -0.2) is 70.3 Å². The zero-order chi connectivity index (χ0) is 22.1. The van der Waals surface area contributed by atoms with Crippen LogP contribution in [0.3, 0.4) is 0 Å². The molecule has 4 amide bonds. The SMILES string of the molecule is O=C(C1CCCC1)N1CCC(N2C(=O)NC3(CCN(Cc4ccccc4)CC3)C2=O)CC1. The van der Waals surface area contributed by atoms with Crippen molar-refractivity contribution in [1.82, 2.24) is 20.0 Å². The summed E-state index contributed by atoms with van der Waals surface area (Å²) in [4.78, 5) is 44.8. The number of carbonyl (C=O) groups is 3. The Hall–Kier alpha value is -2.41. The number of nitrogens with zero attached hydrogens (tertiary/aromatic N) is 3. The summed E-state index contributed by atoms with van der Waals surface area (Å²) in [7, 11) is 0. The third-order valence-electron chi connectivity index (χ3n) is 8.00. The molecule has 1 aromatic rings. The fourth-order valence-electron chi connectivity index (χ4n) is 6.02. The molecular formula is C25H34N4O3. The number of nitrogens with one attached hydrogen (secondary N) is 1. The summed E-state index contributed by atoms with van der Waals surface area (Å²) < 4.78 is 0. The van der Waals surface area contributed by atoms with Gasteiger partial charge in [0, 0.05) is 44.7 Å². The van der Waals surface area contributed by atoms with Gasteiger partial charge in [0.25, 0.3) is 5.91 Å². The van der Waals surface area contributed by atoms with E-state index in [0.29, 0.717) is 38.8 Å². The minimum Gasteiger partial charge on any atom is -0.342 e. The summed E-state index contributed by atoms with van der Waals surface area (Å²) in [5.41, 5.74) is 0.520. The number of urea groups is 1. The second-order valence-electron chi connectivity index (χ2n) is 9.99. The molecular weight excluding hydrogens is 404 g/mol. The highest BCUT2D eigenvalue weighted by molar-refractivity contribution is 6.07. The quantitative estimate of drug-likeness (QED) is 0.734. The van der Waals surface area contributed by atoms with Gasteiger partial charge in [-0.1, -0.05) is 43.2 Å². The molecule has 3 aliphatic heterocycles. The maximum absolute atomic E-state index is 13.4. The maximum atomic E-state index is 13.4. The molecule has 1 N–H and O–H groups in total. The van der Waals surface area contributed by atoms with Gasteiger partial charge >= 0.3 is 6.03 Å². The number of carbonyl (C=O) groups excluding carboxylic acids is 3. The van der Waals surface area contributed by atoms with Gasteiger partial charge in [0.2, 0.25) is 5.91 Å². The van der Waals surface area contributed by atoms with Crippen molar-refractivity contribution in [2.75, 3.05) is 26.2 Å². The number of rotatable bonds is 4. The van der Waals surface area contributed by atoms with Crippen LogP contribution in [0, 0.1) is 5.92 Å². The molecule has 3 saturated heterocycles. The fraction of sp³-hybridized carbons (Fsp3) is 0.640. The molecule has 0 radical (unpaired) electrons. The average molecular weight is 439 g/mol. The zero-order valence-corrected chi connectivity index (χ0v) is 18.8. The van der Waals surface area contributed by atoms with Crippen LogP contribution >= 0.6 is 0 Å². The minimum atomic E-state index is -0.749. The summed E-state index contributed by atoms with van der Waals surface area (Å²) in [6.07, 6.45) is 7.01. The van der Waals surface area contributed by atoms with E-state index in [1.54, 1.807) is 0 Å². The third-order valence-corrected chi connectivity index (χ3v) is 8.00. The van der Waals surface area contributed by atoms with E-state index in [4.69, 9.17) is 0 Å². The second kappa shape index (κ2) is 8.85. The zero-order valence-electron chi connectivity index (χ0n) is 18.8. The summed E-state index contributed by atoms with van der Waals surface area (Å²) in [6, 6.07) is 10.0. The molecule has 3 heterocycles. The molecule has 1 spiro atoms. The monoisotopic (exact) mass is 438 g/mol. The van der Waals surface area contributed by atoms with Gasteiger partial charge < -0.3 is 10.2 Å². The van der Waals surface area contributed by atoms with Crippen molar-refractivity contribution in [2.45, 2.75) is 69.5 Å². The Kier molecular flexibility index (Phi) is 5.93. The van der Waals surface area contributed by atoms with E-state index < -0.39 is 5.54 Å². The van der Waals surface area contributed by atoms with Crippen LogP contribution < -0.4 is 5.32 Å². The molecule has 0 bridgehead atoms. The van der Waals surface area contributed by atoms with E-state index in [-0.39, 0.29) is 29.8 Å². The Bertz CT molecular complexity index is 851. The summed E-state index contributed by atoms with van der Waals surface area (Å²) in [6.45, 7) is 3.76. The molecule has 4 aliphatic rings. The van der Waals surface area contributed by atoms with Crippen LogP contribution in [-0.2, 0) is 16.1 Å². The molecule has 1 saturated carbocycles. The van der Waals surface area contributed by atoms with E-state index in [1.165, 1.54) is 10.5 Å². The van der Waals surface area contributed by atoms with Gasteiger partial charge in [-0.15, -0.1) is 0 Å². The molecule has 0 unspecified atom stereocenters. The van der Waals surface area contributed by atoms with Crippen molar-refractivity contribution >= 4 is 17.8 Å². The second-order valence-corrected chi connectivity index (χ2v) is 9.99. The van der Waals surface area contributed by atoms with Gasteiger partial charge in [0.1, 0.15) is 5.54 Å². The average Bonchev–Trinajstić information content (AvgIpc) is 3.43. The van der Waals surface area contributed by atoms with Crippen LogP contribution in [0.5, 0.6) is 0 Å². The topological polar surface area (TPSA) is 73.0 Å². The maximum Gasteiger partial charge on any atom is 0.325 e. The predicted molar refractivity (Wildman–Crippen MR) is 121 cm³/mol. The Morgan fingerprint density at radius 1 is 0.938 bits per heavy atom. The molecule has 5 rings (SSSR count). The number of hydrogen-bond donors (Lipinski definition) is 1. The first-order chi connectivity index (χ1) is 15.6. The smallest absolute Gasteiger partial charge is 0.325 e. The van der Waals surface area contributed by atoms with E-state index in [9.17, 15) is 14.4 Å². The number of benzene rings is 1. The molecule has 4 fully saturated rings. The van der Waals surface area contributed by atoms with Crippen LogP contribution in [0.2, 0.25) is 0 Å².